The van der Waals surface area contributed by atoms with Crippen molar-refractivity contribution < 1.29 is 24.3 Å². The molecule has 2 amide bonds. The Morgan fingerprint density at radius 3 is 2.29 bits per heavy atom. The van der Waals surface area contributed by atoms with Crippen molar-refractivity contribution in [1.29, 1.82) is 0 Å². The molecule has 0 spiro atoms. The summed E-state index contributed by atoms with van der Waals surface area (Å²) in [6, 6.07) is 4.56. The van der Waals surface area contributed by atoms with E-state index in [0.717, 1.165) is 37.1 Å². The predicted molar refractivity (Wildman–Crippen MR) is 164 cm³/mol. The summed E-state index contributed by atoms with van der Waals surface area (Å²) in [5.74, 6) is 1.78. The molecule has 5 N–H and O–H groups in total. The number of aromatic nitrogens is 2. The van der Waals surface area contributed by atoms with E-state index in [2.05, 4.69) is 34.7 Å². The Kier molecular flexibility index (Phi) is 11.2. The third-order valence-corrected chi connectivity index (χ3v) is 7.81. The van der Waals surface area contributed by atoms with Gasteiger partial charge in [0.25, 0.3) is 0 Å². The van der Waals surface area contributed by atoms with E-state index in [0.29, 0.717) is 48.5 Å². The van der Waals surface area contributed by atoms with E-state index < -0.39 is 16.7 Å². The van der Waals surface area contributed by atoms with Crippen LogP contribution in [-0.4, -0.2) is 84.4 Å². The number of carbonyl (C=O) groups is 2. The van der Waals surface area contributed by atoms with Crippen molar-refractivity contribution in [2.45, 2.75) is 79.3 Å². The number of hydrogen-bond acceptors (Lipinski definition) is 10. The van der Waals surface area contributed by atoms with Gasteiger partial charge in [0.15, 0.2) is 11.5 Å². The molecule has 1 aliphatic rings. The van der Waals surface area contributed by atoms with E-state index in [9.17, 15) is 9.59 Å². The number of carbonyl (C=O) groups excluding carboxylic acids is 2. The van der Waals surface area contributed by atoms with Gasteiger partial charge in [-0.2, -0.15) is 4.98 Å². The standard InChI is InChI=1S/C30H49N7O5/c1-19(2)37-13-9-20(10-14-37)33-26-21-15-23(41-7)24(42-8)16-22(21)34-28(35-26)32-12-11-31-25(38)17-29(3,4)18-30(5,6)27(39)36-40/h15-16,19-20,40H,9-14,17-18H2,1-8H3,(H,31,38)(H,36,39)(H2,32,33,34,35). The Bertz CT molecular complexity index is 1230. The van der Waals surface area contributed by atoms with E-state index in [1.807, 2.05) is 26.0 Å². The van der Waals surface area contributed by atoms with Gasteiger partial charge in [-0.05, 0) is 44.6 Å². The summed E-state index contributed by atoms with van der Waals surface area (Å²) in [4.78, 5) is 36.7. The maximum atomic E-state index is 12.7. The van der Waals surface area contributed by atoms with Gasteiger partial charge < -0.3 is 30.3 Å². The van der Waals surface area contributed by atoms with Gasteiger partial charge >= 0.3 is 0 Å². The molecule has 12 nitrogen and oxygen atoms in total. The highest BCUT2D eigenvalue weighted by atomic mass is 16.5. The van der Waals surface area contributed by atoms with Gasteiger partial charge in [-0.25, -0.2) is 10.5 Å². The molecule has 1 aromatic carbocycles. The topological polar surface area (TPSA) is 150 Å². The zero-order valence-corrected chi connectivity index (χ0v) is 26.4. The van der Waals surface area contributed by atoms with Gasteiger partial charge in [0.2, 0.25) is 17.8 Å². The smallest absolute Gasteiger partial charge is 0.249 e. The Morgan fingerprint density at radius 1 is 1.05 bits per heavy atom. The van der Waals surface area contributed by atoms with Crippen LogP contribution in [0.3, 0.4) is 0 Å². The molecule has 1 saturated heterocycles. The molecule has 2 heterocycles. The molecule has 1 aliphatic heterocycles. The lowest BCUT2D eigenvalue weighted by molar-refractivity contribution is -0.140. The first-order chi connectivity index (χ1) is 19.8. The van der Waals surface area contributed by atoms with Crippen LogP contribution in [0.15, 0.2) is 12.1 Å². The lowest BCUT2D eigenvalue weighted by Crippen LogP contribution is -2.42. The molecule has 0 atom stereocenters. The van der Waals surface area contributed by atoms with Gasteiger partial charge in [-0.15, -0.1) is 0 Å². The second kappa shape index (κ2) is 14.2. The summed E-state index contributed by atoms with van der Waals surface area (Å²) >= 11 is 0. The maximum Gasteiger partial charge on any atom is 0.249 e. The van der Waals surface area contributed by atoms with Crippen LogP contribution < -0.4 is 30.9 Å². The number of piperidine rings is 1. The predicted octanol–water partition coefficient (Wildman–Crippen LogP) is 3.80. The first-order valence-electron chi connectivity index (χ1n) is 14.7. The highest BCUT2D eigenvalue weighted by molar-refractivity contribution is 5.93. The van der Waals surface area contributed by atoms with Crippen LogP contribution in [0.1, 0.15) is 67.2 Å². The fraction of sp³-hybridized carbons (Fsp3) is 0.667. The molecule has 0 unspecified atom stereocenters. The second-order valence-corrected chi connectivity index (χ2v) is 12.8. The summed E-state index contributed by atoms with van der Waals surface area (Å²) in [6.07, 6.45) is 2.71. The van der Waals surface area contributed by atoms with Crippen molar-refractivity contribution in [3.8, 4) is 11.5 Å². The Morgan fingerprint density at radius 2 is 1.69 bits per heavy atom. The monoisotopic (exact) mass is 587 g/mol. The number of benzene rings is 1. The number of nitrogens with zero attached hydrogens (tertiary/aromatic N) is 3. The summed E-state index contributed by atoms with van der Waals surface area (Å²) in [7, 11) is 3.20. The Hall–Kier alpha value is -3.38. The van der Waals surface area contributed by atoms with Crippen LogP contribution >= 0.6 is 0 Å². The number of likely N-dealkylation sites (tertiary alicyclic amines) is 1. The van der Waals surface area contributed by atoms with Crippen molar-refractivity contribution >= 4 is 34.5 Å². The zero-order valence-electron chi connectivity index (χ0n) is 26.4. The average molecular weight is 588 g/mol. The first-order valence-corrected chi connectivity index (χ1v) is 14.7. The van der Waals surface area contributed by atoms with Crippen molar-refractivity contribution in [2.24, 2.45) is 10.8 Å². The van der Waals surface area contributed by atoms with Crippen molar-refractivity contribution in [3.05, 3.63) is 12.1 Å². The van der Waals surface area contributed by atoms with Crippen LogP contribution in [0.2, 0.25) is 0 Å². The van der Waals surface area contributed by atoms with Crippen molar-refractivity contribution in [1.82, 2.24) is 25.7 Å². The number of hydroxylamine groups is 1. The molecule has 0 saturated carbocycles. The van der Waals surface area contributed by atoms with E-state index in [1.54, 1.807) is 33.5 Å². The van der Waals surface area contributed by atoms with Crippen molar-refractivity contribution in [3.63, 3.8) is 0 Å². The quantitative estimate of drug-likeness (QED) is 0.125. The highest BCUT2D eigenvalue weighted by Gasteiger charge is 2.35. The fourth-order valence-corrected chi connectivity index (χ4v) is 5.76. The summed E-state index contributed by atoms with van der Waals surface area (Å²) < 4.78 is 11.0. The Labute approximate surface area is 249 Å². The number of rotatable bonds is 14. The minimum Gasteiger partial charge on any atom is -0.493 e. The number of anilines is 2. The number of fused-ring (bicyclic) bond motifs is 1. The normalized spacial score (nSPS) is 15.0. The second-order valence-electron chi connectivity index (χ2n) is 12.8. The van der Waals surface area contributed by atoms with E-state index in [-0.39, 0.29) is 18.4 Å². The van der Waals surface area contributed by atoms with Crippen LogP contribution in [-0.2, 0) is 9.59 Å². The van der Waals surface area contributed by atoms with E-state index in [4.69, 9.17) is 24.6 Å². The molecule has 1 aromatic heterocycles. The molecule has 3 rings (SSSR count). The average Bonchev–Trinajstić information content (AvgIpc) is 2.93. The maximum absolute atomic E-state index is 12.7. The first kappa shape index (κ1) is 33.1. The lowest BCUT2D eigenvalue weighted by Gasteiger charge is -2.35. The molecule has 0 radical (unpaired) electrons. The number of hydrogen-bond donors (Lipinski definition) is 5. The highest BCUT2D eigenvalue weighted by Crippen LogP contribution is 2.37. The number of ether oxygens (including phenoxy) is 2. The number of methoxy groups -OCH3 is 2. The number of amides is 2. The van der Waals surface area contributed by atoms with Gasteiger partial charge in [0.05, 0.1) is 19.7 Å². The van der Waals surface area contributed by atoms with Gasteiger partial charge in [0.1, 0.15) is 5.82 Å². The van der Waals surface area contributed by atoms with Crippen LogP contribution in [0.4, 0.5) is 11.8 Å². The van der Waals surface area contributed by atoms with E-state index in [1.165, 1.54) is 0 Å². The van der Waals surface area contributed by atoms with Crippen LogP contribution in [0, 0.1) is 10.8 Å². The molecule has 42 heavy (non-hydrogen) atoms. The lowest BCUT2D eigenvalue weighted by atomic mass is 9.73. The van der Waals surface area contributed by atoms with Gasteiger partial charge in [-0.1, -0.05) is 27.7 Å². The van der Waals surface area contributed by atoms with Gasteiger partial charge in [0, 0.05) is 61.6 Å². The minimum atomic E-state index is -0.808. The van der Waals surface area contributed by atoms with Crippen LogP contribution in [0.25, 0.3) is 10.9 Å². The largest absolute Gasteiger partial charge is 0.493 e. The molecular formula is C30H49N7O5. The summed E-state index contributed by atoms with van der Waals surface area (Å²) in [5.41, 5.74) is 1.18. The SMILES string of the molecule is COc1cc2nc(NCCNC(=O)CC(C)(C)CC(C)(C)C(=O)NO)nc(NC3CCN(C(C)C)CC3)c2cc1OC. The summed E-state index contributed by atoms with van der Waals surface area (Å²) in [6.45, 7) is 14.7. The molecular weight excluding hydrogens is 538 g/mol. The number of nitrogens with one attached hydrogen (secondary N) is 4. The Balaban J connectivity index is 1.67. The van der Waals surface area contributed by atoms with Crippen LogP contribution in [0.5, 0.6) is 11.5 Å². The molecule has 234 valence electrons. The van der Waals surface area contributed by atoms with E-state index >= 15 is 0 Å². The molecule has 12 heteroatoms. The molecule has 0 aliphatic carbocycles. The fourth-order valence-electron chi connectivity index (χ4n) is 5.76. The third-order valence-electron chi connectivity index (χ3n) is 7.81. The molecule has 0 bridgehead atoms. The third kappa shape index (κ3) is 8.81. The zero-order chi connectivity index (χ0) is 31.1. The van der Waals surface area contributed by atoms with Gasteiger partial charge in [-0.3, -0.25) is 14.8 Å². The molecule has 2 aromatic rings. The minimum absolute atomic E-state index is 0.117. The summed E-state index contributed by atoms with van der Waals surface area (Å²) in [5, 5.41) is 19.7. The van der Waals surface area contributed by atoms with Crippen molar-refractivity contribution in [2.75, 3.05) is 51.0 Å². The molecule has 1 fully saturated rings.